The molecule has 6 nitrogen and oxygen atoms in total. The number of rotatable bonds is 59. The first-order valence-corrected chi connectivity index (χ1v) is 33.6. The van der Waals surface area contributed by atoms with E-state index in [1.807, 2.05) is 0 Å². The molecular formula is C77H122O6. The highest BCUT2D eigenvalue weighted by atomic mass is 16.6. The Bertz CT molecular complexity index is 1890. The predicted octanol–water partition coefficient (Wildman–Crippen LogP) is 23.4. The van der Waals surface area contributed by atoms with Crippen molar-refractivity contribution >= 4 is 17.9 Å². The number of allylic oxidation sites excluding steroid dienone is 28. The van der Waals surface area contributed by atoms with E-state index in [2.05, 4.69) is 191 Å². The first-order chi connectivity index (χ1) is 41.0. The third-order valence-corrected chi connectivity index (χ3v) is 13.7. The van der Waals surface area contributed by atoms with Gasteiger partial charge in [-0.1, -0.05) is 281 Å². The fourth-order valence-electron chi connectivity index (χ4n) is 8.72. The fraction of sp³-hybridized carbons (Fsp3) is 0.597. The molecule has 0 aliphatic carbocycles. The fourth-order valence-corrected chi connectivity index (χ4v) is 8.72. The van der Waals surface area contributed by atoms with Crippen molar-refractivity contribution in [2.75, 3.05) is 13.2 Å². The van der Waals surface area contributed by atoms with Gasteiger partial charge in [0.15, 0.2) is 6.10 Å². The molecule has 0 saturated carbocycles. The summed E-state index contributed by atoms with van der Waals surface area (Å²) in [7, 11) is 0. The van der Waals surface area contributed by atoms with Crippen molar-refractivity contribution in [3.8, 4) is 0 Å². The minimum Gasteiger partial charge on any atom is -0.462 e. The van der Waals surface area contributed by atoms with Crippen molar-refractivity contribution in [1.82, 2.24) is 0 Å². The average molecular weight is 1140 g/mol. The van der Waals surface area contributed by atoms with Gasteiger partial charge in [0.25, 0.3) is 0 Å². The molecule has 0 N–H and O–H groups in total. The van der Waals surface area contributed by atoms with Crippen LogP contribution in [0.1, 0.15) is 278 Å². The number of carbonyl (C=O) groups is 3. The van der Waals surface area contributed by atoms with Crippen LogP contribution in [-0.4, -0.2) is 37.2 Å². The van der Waals surface area contributed by atoms with Crippen molar-refractivity contribution in [1.29, 1.82) is 0 Å². The summed E-state index contributed by atoms with van der Waals surface area (Å²) in [5.74, 6) is -0.938. The van der Waals surface area contributed by atoms with Crippen LogP contribution in [0.5, 0.6) is 0 Å². The van der Waals surface area contributed by atoms with Crippen molar-refractivity contribution < 1.29 is 28.6 Å². The summed E-state index contributed by atoms with van der Waals surface area (Å²) < 4.78 is 16.9. The lowest BCUT2D eigenvalue weighted by Crippen LogP contribution is -2.30. The minimum atomic E-state index is -0.805. The van der Waals surface area contributed by atoms with E-state index in [-0.39, 0.29) is 31.1 Å². The Morgan fingerprint density at radius 1 is 0.253 bits per heavy atom. The standard InChI is InChI=1S/C77H122O6/c1-4-7-10-13-16-19-22-25-27-29-31-33-34-35-36-37-38-39-40-41-42-44-45-47-49-52-55-58-61-64-67-70-76(79)82-73-74(72-81-75(78)69-66-63-60-57-54-51-24-21-18-15-12-9-6-3)83-77(80)71-68-65-62-59-56-53-50-48-46-43-32-30-28-26-23-20-17-14-11-8-5-2/h7-8,10-12,15-17,19-21,24-28,31-33,35-36,38-39,41-43,45,47,74H,4-6,9,13-14,18,22-23,29-30,34,37,40,44,46,48-73H2,1-3H3/b10-7-,11-8-,15-12-,19-16-,20-17-,24-21-,27-25-,28-26-,33-31-,36-35-,39-38-,42-41-,43-32-,47-45-. The Morgan fingerprint density at radius 3 is 0.735 bits per heavy atom. The molecule has 0 rings (SSSR count). The molecule has 0 aliphatic heterocycles. The normalized spacial score (nSPS) is 13.2. The van der Waals surface area contributed by atoms with Crippen LogP contribution >= 0.6 is 0 Å². The van der Waals surface area contributed by atoms with Gasteiger partial charge in [-0.25, -0.2) is 0 Å². The molecule has 0 radical (unpaired) electrons. The Morgan fingerprint density at radius 2 is 0.470 bits per heavy atom. The number of hydrogen-bond donors (Lipinski definition) is 0. The highest BCUT2D eigenvalue weighted by Gasteiger charge is 2.19. The SMILES string of the molecule is CC/C=C\C/C=C\C/C=C\C/C=C\C/C=C\C/C=C\C/C=C\C/C=C\CCCCCCCCC(=O)OCC(COC(=O)CCCCCCC/C=C\C/C=C\CCC)OC(=O)CCCCCCCCCC/C=C\C/C=C\C/C=C\C/C=C\CC. The van der Waals surface area contributed by atoms with E-state index in [0.29, 0.717) is 19.3 Å². The van der Waals surface area contributed by atoms with Crippen LogP contribution in [0.2, 0.25) is 0 Å². The van der Waals surface area contributed by atoms with E-state index in [1.54, 1.807) is 0 Å². The van der Waals surface area contributed by atoms with Gasteiger partial charge in [0.05, 0.1) is 0 Å². The van der Waals surface area contributed by atoms with Crippen LogP contribution in [0.25, 0.3) is 0 Å². The molecule has 0 aliphatic rings. The van der Waals surface area contributed by atoms with Crippen LogP contribution in [0.3, 0.4) is 0 Å². The molecule has 0 aromatic carbocycles. The smallest absolute Gasteiger partial charge is 0.306 e. The second-order valence-electron chi connectivity index (χ2n) is 21.6. The van der Waals surface area contributed by atoms with Crippen LogP contribution < -0.4 is 0 Å². The summed E-state index contributed by atoms with van der Waals surface area (Å²) >= 11 is 0. The van der Waals surface area contributed by atoms with E-state index < -0.39 is 6.10 Å². The second kappa shape index (κ2) is 69.3. The second-order valence-corrected chi connectivity index (χ2v) is 21.6. The molecule has 1 atom stereocenters. The molecule has 0 saturated heterocycles. The summed E-state index contributed by atoms with van der Waals surface area (Å²) in [4.78, 5) is 38.4. The van der Waals surface area contributed by atoms with Gasteiger partial charge < -0.3 is 14.2 Å². The minimum absolute atomic E-state index is 0.100. The first-order valence-electron chi connectivity index (χ1n) is 33.6. The number of esters is 3. The summed E-state index contributed by atoms with van der Waals surface area (Å²) in [5.41, 5.74) is 0. The third-order valence-electron chi connectivity index (χ3n) is 13.7. The van der Waals surface area contributed by atoms with Gasteiger partial charge in [0, 0.05) is 19.3 Å². The Labute approximate surface area is 511 Å². The molecule has 0 fully saturated rings. The van der Waals surface area contributed by atoms with Crippen molar-refractivity contribution in [3.05, 3.63) is 170 Å². The molecular weight excluding hydrogens is 1020 g/mol. The quantitative estimate of drug-likeness (QED) is 0.0261. The Kier molecular flexibility index (Phi) is 64.9. The molecule has 83 heavy (non-hydrogen) atoms. The monoisotopic (exact) mass is 1140 g/mol. The zero-order valence-electron chi connectivity index (χ0n) is 53.4. The summed E-state index contributed by atoms with van der Waals surface area (Å²) in [5, 5.41) is 0. The van der Waals surface area contributed by atoms with Gasteiger partial charge in [-0.3, -0.25) is 14.4 Å². The zero-order chi connectivity index (χ0) is 59.9. The summed E-state index contributed by atoms with van der Waals surface area (Å²) in [6, 6.07) is 0. The maximum absolute atomic E-state index is 12.9. The summed E-state index contributed by atoms with van der Waals surface area (Å²) in [6.07, 6.45) is 102. The highest BCUT2D eigenvalue weighted by Crippen LogP contribution is 2.15. The topological polar surface area (TPSA) is 78.9 Å². The van der Waals surface area contributed by atoms with E-state index in [9.17, 15) is 14.4 Å². The maximum atomic E-state index is 12.9. The van der Waals surface area contributed by atoms with E-state index in [1.165, 1.54) is 51.4 Å². The maximum Gasteiger partial charge on any atom is 0.306 e. The van der Waals surface area contributed by atoms with Crippen LogP contribution in [0, 0.1) is 0 Å². The number of carbonyl (C=O) groups excluding carboxylic acids is 3. The Hall–Kier alpha value is -5.23. The van der Waals surface area contributed by atoms with Gasteiger partial charge in [-0.15, -0.1) is 0 Å². The molecule has 466 valence electrons. The lowest BCUT2D eigenvalue weighted by atomic mass is 10.1. The lowest BCUT2D eigenvalue weighted by Gasteiger charge is -2.18. The molecule has 0 bridgehead atoms. The molecule has 0 aromatic heterocycles. The van der Waals surface area contributed by atoms with Crippen molar-refractivity contribution in [2.24, 2.45) is 0 Å². The van der Waals surface area contributed by atoms with Crippen molar-refractivity contribution in [2.45, 2.75) is 284 Å². The zero-order valence-corrected chi connectivity index (χ0v) is 53.4. The molecule has 1 unspecified atom stereocenters. The first kappa shape index (κ1) is 77.8. The van der Waals surface area contributed by atoms with Gasteiger partial charge in [-0.05, 0) is 148 Å². The number of unbranched alkanes of at least 4 members (excludes halogenated alkanes) is 20. The average Bonchev–Trinajstić information content (AvgIpc) is 3.49. The molecule has 0 spiro atoms. The van der Waals surface area contributed by atoms with Crippen molar-refractivity contribution in [3.63, 3.8) is 0 Å². The number of hydrogen-bond acceptors (Lipinski definition) is 6. The predicted molar refractivity (Wildman–Crippen MR) is 361 cm³/mol. The van der Waals surface area contributed by atoms with Gasteiger partial charge in [-0.2, -0.15) is 0 Å². The van der Waals surface area contributed by atoms with Gasteiger partial charge in [0.1, 0.15) is 13.2 Å². The summed E-state index contributed by atoms with van der Waals surface area (Å²) in [6.45, 7) is 6.32. The van der Waals surface area contributed by atoms with E-state index in [4.69, 9.17) is 14.2 Å². The van der Waals surface area contributed by atoms with E-state index in [0.717, 1.165) is 186 Å². The highest BCUT2D eigenvalue weighted by molar-refractivity contribution is 5.71. The van der Waals surface area contributed by atoms with Crippen LogP contribution in [0.4, 0.5) is 0 Å². The van der Waals surface area contributed by atoms with Crippen LogP contribution in [-0.2, 0) is 28.6 Å². The molecule has 0 heterocycles. The van der Waals surface area contributed by atoms with Gasteiger partial charge in [0.2, 0.25) is 0 Å². The molecule has 0 amide bonds. The molecule has 6 heteroatoms. The van der Waals surface area contributed by atoms with E-state index >= 15 is 0 Å². The lowest BCUT2D eigenvalue weighted by molar-refractivity contribution is -0.167. The van der Waals surface area contributed by atoms with Gasteiger partial charge >= 0.3 is 17.9 Å². The third kappa shape index (κ3) is 67.4. The largest absolute Gasteiger partial charge is 0.462 e. The van der Waals surface area contributed by atoms with Crippen LogP contribution in [0.15, 0.2) is 170 Å². The Balaban J connectivity index is 4.39. The molecule has 0 aromatic rings. The number of ether oxygens (including phenoxy) is 3.